The Balaban J connectivity index is 3.15. The van der Waals surface area contributed by atoms with Crippen LogP contribution in [0, 0.1) is 5.82 Å². The van der Waals surface area contributed by atoms with Crippen molar-refractivity contribution in [3.05, 3.63) is 47.8 Å². The molecule has 1 rings (SSSR count). The average Bonchev–Trinajstić information content (AvgIpc) is 2.23. The Kier molecular flexibility index (Phi) is 4.28. The Bertz CT molecular complexity index is 398. The Morgan fingerprint density at radius 2 is 2.00 bits per heavy atom. The highest BCUT2D eigenvalue weighted by Gasteiger charge is 2.37. The summed E-state index contributed by atoms with van der Waals surface area (Å²) < 4.78 is 51.3. The Morgan fingerprint density at radius 3 is 2.53 bits per heavy atom. The quantitative estimate of drug-likeness (QED) is 0.635. The largest absolute Gasteiger partial charge is 0.419 e. The lowest BCUT2D eigenvalue weighted by molar-refractivity contribution is -0.140. The number of hydrogen-bond donors (Lipinski definition) is 1. The molecule has 0 saturated carbocycles. The van der Waals surface area contributed by atoms with Gasteiger partial charge in [0.05, 0.1) is 5.56 Å². The fourth-order valence-corrected chi connectivity index (χ4v) is 1.60. The zero-order valence-corrected chi connectivity index (χ0v) is 9.10. The van der Waals surface area contributed by atoms with Gasteiger partial charge in [0.2, 0.25) is 0 Å². The molecule has 5 heteroatoms. The highest BCUT2D eigenvalue weighted by atomic mass is 19.4. The van der Waals surface area contributed by atoms with Gasteiger partial charge < -0.3 is 5.73 Å². The second-order valence-corrected chi connectivity index (χ2v) is 3.67. The second kappa shape index (κ2) is 5.31. The van der Waals surface area contributed by atoms with E-state index < -0.39 is 23.6 Å². The van der Waals surface area contributed by atoms with Gasteiger partial charge in [-0.25, -0.2) is 4.39 Å². The molecule has 0 amide bonds. The van der Waals surface area contributed by atoms with Crippen LogP contribution in [0.3, 0.4) is 0 Å². The van der Waals surface area contributed by atoms with E-state index in [0.717, 1.165) is 6.07 Å². The fourth-order valence-electron chi connectivity index (χ4n) is 1.60. The molecule has 17 heavy (non-hydrogen) atoms. The van der Waals surface area contributed by atoms with Crippen molar-refractivity contribution in [1.82, 2.24) is 0 Å². The van der Waals surface area contributed by atoms with Gasteiger partial charge in [-0.2, -0.15) is 13.2 Å². The van der Waals surface area contributed by atoms with Gasteiger partial charge in [-0.15, -0.1) is 6.58 Å². The summed E-state index contributed by atoms with van der Waals surface area (Å²) in [6.45, 7) is 3.46. The van der Waals surface area contributed by atoms with Crippen LogP contribution in [0.5, 0.6) is 0 Å². The fraction of sp³-hybridized carbons (Fsp3) is 0.333. The number of hydrogen-bond acceptors (Lipinski definition) is 1. The van der Waals surface area contributed by atoms with E-state index in [1.165, 1.54) is 12.1 Å². The molecule has 94 valence electrons. The van der Waals surface area contributed by atoms with Gasteiger partial charge in [-0.05, 0) is 24.5 Å². The Hall–Kier alpha value is -1.36. The molecule has 1 atom stereocenters. The van der Waals surface area contributed by atoms with Crippen molar-refractivity contribution in [3.63, 3.8) is 0 Å². The molecule has 0 radical (unpaired) electrons. The van der Waals surface area contributed by atoms with Gasteiger partial charge in [-0.3, -0.25) is 0 Å². The zero-order chi connectivity index (χ0) is 13.1. The van der Waals surface area contributed by atoms with E-state index >= 15 is 0 Å². The molecule has 0 bridgehead atoms. The van der Waals surface area contributed by atoms with Crippen molar-refractivity contribution in [2.24, 2.45) is 5.73 Å². The molecule has 0 saturated heterocycles. The third kappa shape index (κ3) is 3.30. The van der Waals surface area contributed by atoms with Crippen molar-refractivity contribution in [2.45, 2.75) is 25.1 Å². The molecular weight excluding hydrogens is 234 g/mol. The molecule has 1 nitrogen and oxygen atoms in total. The topological polar surface area (TPSA) is 26.0 Å². The van der Waals surface area contributed by atoms with Crippen LogP contribution in [-0.4, -0.2) is 0 Å². The van der Waals surface area contributed by atoms with Crippen LogP contribution >= 0.6 is 0 Å². The van der Waals surface area contributed by atoms with E-state index in [-0.39, 0.29) is 5.56 Å². The summed E-state index contributed by atoms with van der Waals surface area (Å²) >= 11 is 0. The maximum Gasteiger partial charge on any atom is 0.419 e. The van der Waals surface area contributed by atoms with Crippen molar-refractivity contribution in [2.75, 3.05) is 0 Å². The minimum absolute atomic E-state index is 0.209. The number of rotatable bonds is 4. The molecule has 0 spiro atoms. The van der Waals surface area contributed by atoms with Crippen molar-refractivity contribution < 1.29 is 17.6 Å². The first kappa shape index (κ1) is 13.7. The van der Waals surface area contributed by atoms with E-state index in [4.69, 9.17) is 5.73 Å². The van der Waals surface area contributed by atoms with Crippen molar-refractivity contribution in [3.8, 4) is 0 Å². The first-order valence-electron chi connectivity index (χ1n) is 5.10. The SMILES string of the molecule is C=CCC[C@@H](N)c1cccc(F)c1C(F)(F)F. The van der Waals surface area contributed by atoms with Crippen LogP contribution in [0.25, 0.3) is 0 Å². The molecule has 0 fully saturated rings. The molecule has 0 heterocycles. The van der Waals surface area contributed by atoms with Gasteiger partial charge in [0.1, 0.15) is 5.82 Å². The summed E-state index contributed by atoms with van der Waals surface area (Å²) in [6.07, 6.45) is -2.39. The third-order valence-electron chi connectivity index (χ3n) is 2.41. The summed E-state index contributed by atoms with van der Waals surface area (Å²) in [5.74, 6) is -1.29. The summed E-state index contributed by atoms with van der Waals surface area (Å²) in [5, 5.41) is 0. The van der Waals surface area contributed by atoms with Gasteiger partial charge in [0.15, 0.2) is 0 Å². The standard InChI is InChI=1S/C12H13F4N/c1-2-3-7-10(17)8-5-4-6-9(13)11(8)12(14,15)16/h2,4-6,10H,1,3,7,17H2/t10-/m1/s1. The third-order valence-corrected chi connectivity index (χ3v) is 2.41. The van der Waals surface area contributed by atoms with E-state index in [0.29, 0.717) is 12.8 Å². The summed E-state index contributed by atoms with van der Waals surface area (Å²) in [4.78, 5) is 0. The monoisotopic (exact) mass is 247 g/mol. The van der Waals surface area contributed by atoms with E-state index in [2.05, 4.69) is 6.58 Å². The van der Waals surface area contributed by atoms with E-state index in [1.54, 1.807) is 6.08 Å². The number of nitrogens with two attached hydrogens (primary N) is 1. The maximum atomic E-state index is 13.2. The van der Waals surface area contributed by atoms with E-state index in [1.807, 2.05) is 0 Å². The lowest BCUT2D eigenvalue weighted by Gasteiger charge is -2.18. The lowest BCUT2D eigenvalue weighted by Crippen LogP contribution is -2.19. The molecule has 0 aliphatic carbocycles. The van der Waals surface area contributed by atoms with Crippen LogP contribution in [-0.2, 0) is 6.18 Å². The number of alkyl halides is 3. The van der Waals surface area contributed by atoms with Crippen molar-refractivity contribution in [1.29, 1.82) is 0 Å². The van der Waals surface area contributed by atoms with Crippen LogP contribution < -0.4 is 5.73 Å². The first-order valence-corrected chi connectivity index (χ1v) is 5.10. The zero-order valence-electron chi connectivity index (χ0n) is 9.10. The highest BCUT2D eigenvalue weighted by molar-refractivity contribution is 5.33. The Labute approximate surface area is 96.9 Å². The molecule has 1 aromatic carbocycles. The normalized spacial score (nSPS) is 13.5. The maximum absolute atomic E-state index is 13.2. The van der Waals surface area contributed by atoms with Crippen LogP contribution in [0.15, 0.2) is 30.9 Å². The average molecular weight is 247 g/mol. The second-order valence-electron chi connectivity index (χ2n) is 3.67. The van der Waals surface area contributed by atoms with Gasteiger partial charge in [-0.1, -0.05) is 18.2 Å². The Morgan fingerprint density at radius 1 is 1.35 bits per heavy atom. The number of benzene rings is 1. The summed E-state index contributed by atoms with van der Waals surface area (Å²) in [7, 11) is 0. The lowest BCUT2D eigenvalue weighted by atomic mass is 9.96. The van der Waals surface area contributed by atoms with E-state index in [9.17, 15) is 17.6 Å². The van der Waals surface area contributed by atoms with Gasteiger partial charge in [0.25, 0.3) is 0 Å². The molecule has 0 unspecified atom stereocenters. The minimum Gasteiger partial charge on any atom is -0.324 e. The molecule has 1 aromatic rings. The molecule has 2 N–H and O–H groups in total. The smallest absolute Gasteiger partial charge is 0.324 e. The predicted molar refractivity (Wildman–Crippen MR) is 57.8 cm³/mol. The number of allylic oxidation sites excluding steroid dienone is 1. The minimum atomic E-state index is -4.73. The predicted octanol–water partition coefficient (Wildman–Crippen LogP) is 3.81. The van der Waals surface area contributed by atoms with Gasteiger partial charge >= 0.3 is 6.18 Å². The molecule has 0 aliphatic heterocycles. The highest BCUT2D eigenvalue weighted by Crippen LogP contribution is 2.36. The van der Waals surface area contributed by atoms with Crippen molar-refractivity contribution >= 4 is 0 Å². The number of halogens is 4. The first-order chi connectivity index (χ1) is 7.88. The van der Waals surface area contributed by atoms with Gasteiger partial charge in [0, 0.05) is 6.04 Å². The molecule has 0 aliphatic rings. The van der Waals surface area contributed by atoms with Crippen LogP contribution in [0.1, 0.15) is 30.0 Å². The summed E-state index contributed by atoms with van der Waals surface area (Å²) in [6, 6.07) is 2.38. The summed E-state index contributed by atoms with van der Waals surface area (Å²) in [5.41, 5.74) is 4.16. The van der Waals surface area contributed by atoms with Crippen LogP contribution in [0.4, 0.5) is 17.6 Å². The molecular formula is C12H13F4N. The van der Waals surface area contributed by atoms with Crippen LogP contribution in [0.2, 0.25) is 0 Å². The molecule has 0 aromatic heterocycles.